The van der Waals surface area contributed by atoms with Crippen LogP contribution in [0.4, 0.5) is 0 Å². The molecule has 1 aromatic rings. The number of Topliss-reactive ketones (excluding diaryl/α,β-unsaturated/α-hetero) is 1. The van der Waals surface area contributed by atoms with Crippen LogP contribution in [0.25, 0.3) is 0 Å². The van der Waals surface area contributed by atoms with E-state index in [1.807, 2.05) is 0 Å². The third-order valence-corrected chi connectivity index (χ3v) is 6.05. The van der Waals surface area contributed by atoms with Crippen molar-refractivity contribution >= 4 is 113 Å². The van der Waals surface area contributed by atoms with E-state index in [0.29, 0.717) is 0 Å². The van der Waals surface area contributed by atoms with Crippen molar-refractivity contribution in [2.75, 3.05) is 0 Å². The zero-order valence-electron chi connectivity index (χ0n) is 13.2. The predicted molar refractivity (Wildman–Crippen MR) is 108 cm³/mol. The fourth-order valence-corrected chi connectivity index (χ4v) is 4.69. The number of carbonyl (C=O) groups excluding carboxylic acids is 1. The summed E-state index contributed by atoms with van der Waals surface area (Å²) in [7, 11) is 48.2. The fourth-order valence-electron chi connectivity index (χ4n) is 4.09. The Bertz CT molecular complexity index is 832. The van der Waals surface area contributed by atoms with Crippen molar-refractivity contribution < 1.29 is 9.90 Å². The summed E-state index contributed by atoms with van der Waals surface area (Å²) in [4.78, 5) is 13.0. The molecule has 0 bridgehead atoms. The molecule has 3 rings (SSSR count). The lowest BCUT2D eigenvalue weighted by Gasteiger charge is -2.61. The van der Waals surface area contributed by atoms with E-state index in [2.05, 4.69) is 0 Å². The molecule has 0 spiro atoms. The van der Waals surface area contributed by atoms with E-state index in [1.54, 1.807) is 0 Å². The molecule has 1 aliphatic carbocycles. The van der Waals surface area contributed by atoms with Crippen LogP contribution in [0.1, 0.15) is 12.0 Å². The third kappa shape index (κ3) is 1.94. The summed E-state index contributed by atoms with van der Waals surface area (Å²) < 4.78 is 0. The van der Waals surface area contributed by atoms with Gasteiger partial charge in [0.25, 0.3) is 6.13 Å². The minimum absolute atomic E-state index is 0.0390. The summed E-state index contributed by atoms with van der Waals surface area (Å²) in [5, 5.41) is 6.43. The molecular weight excluding hydrogens is 323 g/mol. The molecule has 1 heterocycles. The number of halogens is 1. The van der Waals surface area contributed by atoms with Crippen LogP contribution in [0.5, 0.6) is 0 Å². The van der Waals surface area contributed by atoms with Gasteiger partial charge in [-0.15, -0.1) is 21.6 Å². The lowest BCUT2D eigenvalue weighted by molar-refractivity contribution is -0.141. The highest BCUT2D eigenvalue weighted by molar-refractivity contribution is 7.21. The number of aliphatic hydroxyl groups is 1. The van der Waals surface area contributed by atoms with Crippen LogP contribution in [0.3, 0.4) is 0 Å². The zero-order chi connectivity index (χ0) is 19.3. The average molecular weight is 328 g/mol. The van der Waals surface area contributed by atoms with Crippen LogP contribution in [0.2, 0.25) is 10.4 Å². The average Bonchev–Trinajstić information content (AvgIpc) is 2.69. The fraction of sp³-hybridized carbons (Fsp3) is 0.417. The van der Waals surface area contributed by atoms with E-state index >= 15 is 0 Å². The Hall–Kier alpha value is -0.316. The van der Waals surface area contributed by atoms with Gasteiger partial charge in [-0.1, -0.05) is 10.9 Å². The van der Waals surface area contributed by atoms with Gasteiger partial charge in [-0.05, 0) is 17.2 Å². The van der Waals surface area contributed by atoms with Crippen molar-refractivity contribution in [2.45, 2.75) is 27.9 Å². The molecule has 25 heavy (non-hydrogen) atoms. The Labute approximate surface area is 162 Å². The van der Waals surface area contributed by atoms with E-state index in [9.17, 15) is 9.90 Å². The summed E-state index contributed by atoms with van der Waals surface area (Å²) in [6, 6.07) is 0. The molecule has 3 N–H and O–H groups in total. The van der Waals surface area contributed by atoms with Gasteiger partial charge < -0.3 is 10.8 Å². The first-order chi connectivity index (χ1) is 11.2. The van der Waals surface area contributed by atoms with Crippen molar-refractivity contribution in [3.8, 4) is 0 Å². The third-order valence-electron chi connectivity index (χ3n) is 5.48. The first kappa shape index (κ1) is 19.4. The van der Waals surface area contributed by atoms with E-state index in [0.717, 1.165) is 0 Å². The predicted octanol–water partition coefficient (Wildman–Crippen LogP) is -6.38. The molecule has 1 aliphatic heterocycles. The Morgan fingerprint density at radius 2 is 1.48 bits per heavy atom. The summed E-state index contributed by atoms with van der Waals surface area (Å²) in [6.07, 6.45) is -1.83. The van der Waals surface area contributed by atoms with Crippen molar-refractivity contribution in [1.82, 2.24) is 0 Å². The Balaban J connectivity index is 2.52. The van der Waals surface area contributed by atoms with E-state index in [1.165, 1.54) is 0 Å². The molecule has 104 valence electrons. The molecule has 16 radical (unpaired) electrons. The van der Waals surface area contributed by atoms with Crippen LogP contribution < -0.4 is 33.0 Å². The SMILES string of the molecule is [B]c1c([B])c([B])c2c(c1[B])B(Cl)C1([B])C([B])([B])CC([B])(O)C(=O)C21N. The maximum atomic E-state index is 13.0. The summed E-state index contributed by atoms with van der Waals surface area (Å²) >= 11 is 6.52. The number of carbonyl (C=O) groups is 1. The molecular formula is C12H5B9ClNO2. The quantitative estimate of drug-likeness (QED) is 0.466. The largest absolute Gasteiger partial charge is 0.392 e. The van der Waals surface area contributed by atoms with Crippen LogP contribution in [0.15, 0.2) is 0 Å². The van der Waals surface area contributed by atoms with Gasteiger partial charge in [0.2, 0.25) is 0 Å². The Kier molecular flexibility index (Phi) is 4.00. The van der Waals surface area contributed by atoms with Gasteiger partial charge >= 0.3 is 0 Å². The summed E-state index contributed by atoms with van der Waals surface area (Å²) in [6.45, 7) is 0. The minimum Gasteiger partial charge on any atom is -0.392 e. The molecule has 0 amide bonds. The number of hydrogen-bond donors (Lipinski definition) is 2. The normalized spacial score (nSPS) is 36.1. The first-order valence-corrected chi connectivity index (χ1v) is 7.71. The van der Waals surface area contributed by atoms with Gasteiger partial charge in [-0.2, -0.15) is 11.5 Å². The number of benzene rings is 1. The van der Waals surface area contributed by atoms with Crippen molar-refractivity contribution in [3.05, 3.63) is 5.56 Å². The number of hydrogen-bond acceptors (Lipinski definition) is 3. The summed E-state index contributed by atoms with van der Waals surface area (Å²) in [5.74, 6) is -1.05. The van der Waals surface area contributed by atoms with Gasteiger partial charge in [0.05, 0.1) is 34.6 Å². The second-order valence-electron chi connectivity index (χ2n) is 6.95. The number of ketones is 1. The first-order valence-electron chi connectivity index (χ1n) is 7.28. The lowest BCUT2D eigenvalue weighted by atomic mass is 9.17. The van der Waals surface area contributed by atoms with Gasteiger partial charge in [-0.25, -0.2) is 0 Å². The van der Waals surface area contributed by atoms with Gasteiger partial charge in [0.15, 0.2) is 5.78 Å². The maximum absolute atomic E-state index is 13.0. The molecule has 13 heteroatoms. The zero-order valence-corrected chi connectivity index (χ0v) is 14.0. The van der Waals surface area contributed by atoms with Gasteiger partial charge in [-0.3, -0.25) is 4.79 Å². The minimum atomic E-state index is -2.46. The standard InChI is InChI=1S/C12H5B9ClNO2/c13-3-2-7(6(16)5(15)4(3)14)21(22)12(20)10(18,19)1-9(17,25)8(24)11(2,12)23/h25H,1,23H2. The van der Waals surface area contributed by atoms with Gasteiger partial charge in [0.1, 0.15) is 39.2 Å². The molecule has 3 atom stereocenters. The number of fused-ring (bicyclic) bond motifs is 3. The molecule has 0 aromatic heterocycles. The molecule has 1 fully saturated rings. The van der Waals surface area contributed by atoms with E-state index < -0.39 is 39.8 Å². The van der Waals surface area contributed by atoms with Crippen LogP contribution >= 0.6 is 11.5 Å². The molecule has 3 nitrogen and oxygen atoms in total. The lowest BCUT2D eigenvalue weighted by Crippen LogP contribution is -2.71. The molecule has 0 saturated heterocycles. The van der Waals surface area contributed by atoms with Crippen molar-refractivity contribution in [2.24, 2.45) is 5.73 Å². The van der Waals surface area contributed by atoms with Gasteiger partial charge in [0, 0.05) is 0 Å². The Morgan fingerprint density at radius 3 is 2.00 bits per heavy atom. The van der Waals surface area contributed by atoms with Crippen molar-refractivity contribution in [1.29, 1.82) is 0 Å². The Morgan fingerprint density at radius 1 is 1.00 bits per heavy atom. The smallest absolute Gasteiger partial charge is 0.282 e. The van der Waals surface area contributed by atoms with Crippen molar-refractivity contribution in [3.63, 3.8) is 0 Å². The van der Waals surface area contributed by atoms with Crippen LogP contribution in [0, 0.1) is 0 Å². The number of rotatable bonds is 0. The highest BCUT2D eigenvalue weighted by Gasteiger charge is 2.73. The highest BCUT2D eigenvalue weighted by Crippen LogP contribution is 2.67. The molecule has 1 saturated carbocycles. The maximum Gasteiger partial charge on any atom is 0.282 e. The van der Waals surface area contributed by atoms with E-state index in [-0.39, 0.29) is 32.9 Å². The number of nitrogens with two attached hydrogens (primary N) is 1. The second kappa shape index (κ2) is 5.14. The van der Waals surface area contributed by atoms with Crippen LogP contribution in [-0.2, 0) is 10.3 Å². The highest BCUT2D eigenvalue weighted by atomic mass is 35.5. The van der Waals surface area contributed by atoms with Crippen LogP contribution in [-0.4, -0.2) is 85.3 Å². The molecule has 3 unspecified atom stereocenters. The summed E-state index contributed by atoms with van der Waals surface area (Å²) in [5.41, 5.74) is 1.38. The second-order valence-corrected chi connectivity index (χ2v) is 7.39. The topological polar surface area (TPSA) is 63.3 Å². The molecule has 2 aliphatic rings. The monoisotopic (exact) mass is 329 g/mol. The van der Waals surface area contributed by atoms with E-state index in [4.69, 9.17) is 80.0 Å². The molecule has 1 aromatic carbocycles.